The van der Waals surface area contributed by atoms with Gasteiger partial charge in [-0.3, -0.25) is 0 Å². The van der Waals surface area contributed by atoms with Gasteiger partial charge in [-0.05, 0) is 26.8 Å². The number of nitrogens with zero attached hydrogens (tertiary/aromatic N) is 1. The van der Waals surface area contributed by atoms with Crippen molar-refractivity contribution in [2.24, 2.45) is 0 Å². The summed E-state index contributed by atoms with van der Waals surface area (Å²) in [4.78, 5) is 0.268. The zero-order valence-electron chi connectivity index (χ0n) is 12.9. The summed E-state index contributed by atoms with van der Waals surface area (Å²) in [6.07, 6.45) is 0.626. The molecule has 1 aliphatic heterocycles. The van der Waals surface area contributed by atoms with E-state index in [0.717, 1.165) is 6.54 Å². The maximum absolute atomic E-state index is 12.8. The first-order valence-corrected chi connectivity index (χ1v) is 8.81. The minimum absolute atomic E-state index is 0.0873. The molecule has 0 saturated carbocycles. The lowest BCUT2D eigenvalue weighted by molar-refractivity contribution is 0.0752. The van der Waals surface area contributed by atoms with Crippen LogP contribution in [0.2, 0.25) is 0 Å². The average molecular weight is 316 g/mol. The zero-order chi connectivity index (χ0) is 15.5. The van der Waals surface area contributed by atoms with Crippen LogP contribution < -0.4 is 5.32 Å². The van der Waals surface area contributed by atoms with Crippen molar-refractivity contribution in [2.75, 3.05) is 26.2 Å². The fourth-order valence-corrected chi connectivity index (χ4v) is 4.17. The summed E-state index contributed by atoms with van der Waals surface area (Å²) < 4.78 is 38.1. The predicted octanol–water partition coefficient (Wildman–Crippen LogP) is 1.50. The number of rotatable bonds is 5. The van der Waals surface area contributed by atoms with E-state index >= 15 is 0 Å². The molecule has 6 nitrogen and oxygen atoms in total. The average Bonchev–Trinajstić information content (AvgIpc) is 2.66. The Morgan fingerprint density at radius 1 is 1.48 bits per heavy atom. The molecule has 0 radical (unpaired) electrons. The Hall–Kier alpha value is -0.890. The van der Waals surface area contributed by atoms with Crippen molar-refractivity contribution >= 4 is 10.0 Å². The summed E-state index contributed by atoms with van der Waals surface area (Å²) in [5.74, 6) is 1.09. The van der Waals surface area contributed by atoms with Crippen molar-refractivity contribution in [1.29, 1.82) is 0 Å². The van der Waals surface area contributed by atoms with Crippen LogP contribution in [-0.2, 0) is 21.3 Å². The number of hydrogen-bond donors (Lipinski definition) is 1. The number of furan rings is 1. The van der Waals surface area contributed by atoms with Crippen LogP contribution in [0, 0.1) is 6.92 Å². The topological polar surface area (TPSA) is 71.8 Å². The van der Waals surface area contributed by atoms with E-state index in [1.165, 1.54) is 4.31 Å². The molecular weight excluding hydrogens is 292 g/mol. The fraction of sp³-hybridized carbons (Fsp3) is 0.714. The van der Waals surface area contributed by atoms with Gasteiger partial charge in [0.05, 0.1) is 12.6 Å². The van der Waals surface area contributed by atoms with Gasteiger partial charge in [0.2, 0.25) is 10.0 Å². The highest BCUT2D eigenvalue weighted by molar-refractivity contribution is 7.89. The first-order chi connectivity index (χ1) is 9.95. The lowest BCUT2D eigenvalue weighted by Gasteiger charge is -2.21. The number of hydrogen-bond acceptors (Lipinski definition) is 5. The SMILES string of the molecule is CCNCc1cc(S(=O)(=O)N2CCCOC(C)C2)c(C)o1. The van der Waals surface area contributed by atoms with Crippen molar-refractivity contribution in [1.82, 2.24) is 9.62 Å². The largest absolute Gasteiger partial charge is 0.464 e. The van der Waals surface area contributed by atoms with E-state index in [1.807, 2.05) is 13.8 Å². The van der Waals surface area contributed by atoms with Gasteiger partial charge in [0.15, 0.2) is 0 Å². The van der Waals surface area contributed by atoms with Crippen molar-refractivity contribution in [2.45, 2.75) is 44.7 Å². The van der Waals surface area contributed by atoms with Gasteiger partial charge < -0.3 is 14.5 Å². The first kappa shape index (κ1) is 16.5. The molecule has 1 N–H and O–H groups in total. The van der Waals surface area contributed by atoms with Gasteiger partial charge in [-0.25, -0.2) is 8.42 Å². The van der Waals surface area contributed by atoms with Gasteiger partial charge in [-0.15, -0.1) is 0 Å². The Bertz CT molecular complexity index is 568. The molecule has 1 saturated heterocycles. The second-order valence-electron chi connectivity index (χ2n) is 5.31. The van der Waals surface area contributed by atoms with E-state index in [-0.39, 0.29) is 11.0 Å². The minimum Gasteiger partial charge on any atom is -0.464 e. The van der Waals surface area contributed by atoms with Gasteiger partial charge in [0, 0.05) is 25.8 Å². The number of nitrogens with one attached hydrogen (secondary N) is 1. The van der Waals surface area contributed by atoms with Crippen molar-refractivity contribution in [3.63, 3.8) is 0 Å². The summed E-state index contributed by atoms with van der Waals surface area (Å²) in [5, 5.41) is 3.13. The summed E-state index contributed by atoms with van der Waals surface area (Å²) in [7, 11) is -3.52. The van der Waals surface area contributed by atoms with E-state index in [1.54, 1.807) is 13.0 Å². The van der Waals surface area contributed by atoms with Gasteiger partial charge in [0.25, 0.3) is 0 Å². The number of sulfonamides is 1. The third-order valence-electron chi connectivity index (χ3n) is 3.51. The lowest BCUT2D eigenvalue weighted by atomic mass is 10.4. The highest BCUT2D eigenvalue weighted by Crippen LogP contribution is 2.25. The smallest absolute Gasteiger partial charge is 0.246 e. The monoisotopic (exact) mass is 316 g/mol. The molecule has 0 aromatic carbocycles. The molecule has 1 aliphatic rings. The van der Waals surface area contributed by atoms with Crippen molar-refractivity contribution < 1.29 is 17.6 Å². The Labute approximate surface area is 126 Å². The summed E-state index contributed by atoms with van der Waals surface area (Å²) in [5.41, 5.74) is 0. The first-order valence-electron chi connectivity index (χ1n) is 7.37. The molecule has 1 fully saturated rings. The minimum atomic E-state index is -3.52. The van der Waals surface area contributed by atoms with Crippen LogP contribution in [0.15, 0.2) is 15.4 Å². The predicted molar refractivity (Wildman–Crippen MR) is 79.6 cm³/mol. The van der Waals surface area contributed by atoms with Gasteiger partial charge in [0.1, 0.15) is 16.4 Å². The van der Waals surface area contributed by atoms with Crippen molar-refractivity contribution in [3.05, 3.63) is 17.6 Å². The van der Waals surface area contributed by atoms with Crippen LogP contribution in [0.5, 0.6) is 0 Å². The number of ether oxygens (including phenoxy) is 1. The summed E-state index contributed by atoms with van der Waals surface area (Å²) >= 11 is 0. The Balaban J connectivity index is 2.23. The molecular formula is C14H24N2O4S. The highest BCUT2D eigenvalue weighted by Gasteiger charge is 2.31. The zero-order valence-corrected chi connectivity index (χ0v) is 13.7. The van der Waals surface area contributed by atoms with Crippen LogP contribution >= 0.6 is 0 Å². The van der Waals surface area contributed by atoms with Crippen LogP contribution in [0.3, 0.4) is 0 Å². The van der Waals surface area contributed by atoms with E-state index in [9.17, 15) is 8.42 Å². The van der Waals surface area contributed by atoms with E-state index in [2.05, 4.69) is 5.32 Å². The standard InChI is InChI=1S/C14H24N2O4S/c1-4-15-9-13-8-14(12(3)20-13)21(17,18)16-6-5-7-19-11(2)10-16/h8,11,15H,4-7,9-10H2,1-3H3. The van der Waals surface area contributed by atoms with E-state index < -0.39 is 10.0 Å². The Morgan fingerprint density at radius 2 is 2.24 bits per heavy atom. The third-order valence-corrected chi connectivity index (χ3v) is 5.48. The second-order valence-corrected chi connectivity index (χ2v) is 7.22. The highest BCUT2D eigenvalue weighted by atomic mass is 32.2. The summed E-state index contributed by atoms with van der Waals surface area (Å²) in [6.45, 7) is 8.40. The molecule has 2 heterocycles. The molecule has 1 aromatic heterocycles. The van der Waals surface area contributed by atoms with Crippen molar-refractivity contribution in [3.8, 4) is 0 Å². The summed E-state index contributed by atoms with van der Waals surface area (Å²) in [6, 6.07) is 1.63. The Kier molecular flexibility index (Phi) is 5.43. The lowest BCUT2D eigenvalue weighted by Crippen LogP contribution is -2.36. The molecule has 0 amide bonds. The maximum Gasteiger partial charge on any atom is 0.246 e. The van der Waals surface area contributed by atoms with Gasteiger partial charge >= 0.3 is 0 Å². The molecule has 1 aromatic rings. The molecule has 0 spiro atoms. The van der Waals surface area contributed by atoms with Crippen LogP contribution in [0.4, 0.5) is 0 Å². The van der Waals surface area contributed by atoms with Crippen LogP contribution in [0.1, 0.15) is 31.8 Å². The molecule has 0 bridgehead atoms. The fourth-order valence-electron chi connectivity index (χ4n) is 2.43. The number of aryl methyl sites for hydroxylation is 1. The Morgan fingerprint density at radius 3 is 2.95 bits per heavy atom. The molecule has 0 aliphatic carbocycles. The molecule has 1 atom stereocenters. The molecule has 120 valence electrons. The molecule has 21 heavy (non-hydrogen) atoms. The maximum atomic E-state index is 12.8. The molecule has 2 rings (SSSR count). The van der Waals surface area contributed by atoms with Gasteiger partial charge in [-0.1, -0.05) is 6.92 Å². The quantitative estimate of drug-likeness (QED) is 0.891. The molecule has 7 heteroatoms. The van der Waals surface area contributed by atoms with Gasteiger partial charge in [-0.2, -0.15) is 4.31 Å². The van der Waals surface area contributed by atoms with Crippen LogP contribution in [0.25, 0.3) is 0 Å². The third kappa shape index (κ3) is 3.85. The second kappa shape index (κ2) is 6.91. The van der Waals surface area contributed by atoms with Crippen LogP contribution in [-0.4, -0.2) is 45.1 Å². The van der Waals surface area contributed by atoms with E-state index in [4.69, 9.17) is 9.15 Å². The normalized spacial score (nSPS) is 21.4. The van der Waals surface area contributed by atoms with E-state index in [0.29, 0.717) is 44.2 Å². The molecule has 1 unspecified atom stereocenters.